The van der Waals surface area contributed by atoms with Crippen molar-refractivity contribution in [1.82, 2.24) is 14.8 Å². The highest BCUT2D eigenvalue weighted by molar-refractivity contribution is 6.28. The summed E-state index contributed by atoms with van der Waals surface area (Å²) in [5.41, 5.74) is 2.45. The van der Waals surface area contributed by atoms with Gasteiger partial charge >= 0.3 is 0 Å². The Kier molecular flexibility index (Phi) is 2.50. The summed E-state index contributed by atoms with van der Waals surface area (Å²) in [6, 6.07) is 8.30. The predicted octanol–water partition coefficient (Wildman–Crippen LogP) is 2.29. The molecule has 1 aromatic carbocycles. The largest absolute Gasteiger partial charge is 0.247 e. The summed E-state index contributed by atoms with van der Waals surface area (Å²) < 4.78 is 1.72. The normalized spacial score (nSPS) is 10.4. The van der Waals surface area contributed by atoms with Gasteiger partial charge in [0.25, 0.3) is 0 Å². The number of nitrogens with zero attached hydrogens (tertiary/aromatic N) is 3. The van der Waals surface area contributed by atoms with Crippen LogP contribution in [0.1, 0.15) is 11.1 Å². The summed E-state index contributed by atoms with van der Waals surface area (Å²) in [7, 11) is 0. The van der Waals surface area contributed by atoms with E-state index in [2.05, 4.69) is 41.3 Å². The number of benzene rings is 1. The van der Waals surface area contributed by atoms with Crippen LogP contribution in [0.2, 0.25) is 5.28 Å². The molecule has 3 nitrogen and oxygen atoms in total. The monoisotopic (exact) mass is 207 g/mol. The van der Waals surface area contributed by atoms with E-state index in [4.69, 9.17) is 11.6 Å². The molecule has 0 spiro atoms. The van der Waals surface area contributed by atoms with Gasteiger partial charge in [-0.05, 0) is 24.1 Å². The highest BCUT2D eigenvalue weighted by Gasteiger charge is 1.97. The lowest BCUT2D eigenvalue weighted by atomic mass is 10.1. The van der Waals surface area contributed by atoms with Crippen LogP contribution in [-0.2, 0) is 6.54 Å². The Morgan fingerprint density at radius 1 is 1.29 bits per heavy atom. The minimum atomic E-state index is 0.289. The van der Waals surface area contributed by atoms with Gasteiger partial charge in [-0.15, -0.1) is 5.10 Å². The Balaban J connectivity index is 2.15. The number of aromatic nitrogens is 3. The van der Waals surface area contributed by atoms with Gasteiger partial charge in [0.1, 0.15) is 6.33 Å². The van der Waals surface area contributed by atoms with Gasteiger partial charge in [0.05, 0.1) is 6.54 Å². The SMILES string of the molecule is Cc1ccc(Cn2cnc(Cl)n2)cc1. The second-order valence-electron chi connectivity index (χ2n) is 3.20. The molecule has 1 heterocycles. The van der Waals surface area contributed by atoms with Crippen LogP contribution < -0.4 is 0 Å². The zero-order chi connectivity index (χ0) is 9.97. The maximum Gasteiger partial charge on any atom is 0.242 e. The van der Waals surface area contributed by atoms with Crippen molar-refractivity contribution >= 4 is 11.6 Å². The molecule has 0 saturated heterocycles. The van der Waals surface area contributed by atoms with Crippen LogP contribution in [0.3, 0.4) is 0 Å². The first kappa shape index (κ1) is 9.21. The topological polar surface area (TPSA) is 30.7 Å². The van der Waals surface area contributed by atoms with Crippen molar-refractivity contribution in [3.05, 3.63) is 47.0 Å². The molecule has 2 rings (SSSR count). The van der Waals surface area contributed by atoms with Gasteiger partial charge in [-0.1, -0.05) is 29.8 Å². The summed E-state index contributed by atoms with van der Waals surface area (Å²) >= 11 is 5.61. The molecular formula is C10H10ClN3. The highest BCUT2D eigenvalue weighted by Crippen LogP contribution is 2.05. The van der Waals surface area contributed by atoms with Crippen LogP contribution in [0, 0.1) is 6.92 Å². The van der Waals surface area contributed by atoms with Crippen LogP contribution >= 0.6 is 11.6 Å². The van der Waals surface area contributed by atoms with E-state index < -0.39 is 0 Å². The summed E-state index contributed by atoms with van der Waals surface area (Å²) in [6.45, 7) is 2.77. The van der Waals surface area contributed by atoms with Gasteiger partial charge in [0, 0.05) is 0 Å². The number of hydrogen-bond donors (Lipinski definition) is 0. The second-order valence-corrected chi connectivity index (χ2v) is 3.53. The van der Waals surface area contributed by atoms with Crippen LogP contribution in [0.5, 0.6) is 0 Å². The Morgan fingerprint density at radius 3 is 2.57 bits per heavy atom. The lowest BCUT2D eigenvalue weighted by molar-refractivity contribution is 0.685. The number of aryl methyl sites for hydroxylation is 1. The Bertz CT molecular complexity index is 419. The summed E-state index contributed by atoms with van der Waals surface area (Å²) in [5.74, 6) is 0. The van der Waals surface area contributed by atoms with Crippen molar-refractivity contribution in [2.75, 3.05) is 0 Å². The Hall–Kier alpha value is -1.35. The number of hydrogen-bond acceptors (Lipinski definition) is 2. The first-order valence-electron chi connectivity index (χ1n) is 4.34. The minimum Gasteiger partial charge on any atom is -0.247 e. The van der Waals surface area contributed by atoms with E-state index in [1.165, 1.54) is 11.1 Å². The zero-order valence-electron chi connectivity index (χ0n) is 7.81. The van der Waals surface area contributed by atoms with Crippen LogP contribution in [0.25, 0.3) is 0 Å². The van der Waals surface area contributed by atoms with Gasteiger partial charge in [-0.2, -0.15) is 0 Å². The third kappa shape index (κ3) is 2.12. The van der Waals surface area contributed by atoms with E-state index in [0.29, 0.717) is 6.54 Å². The van der Waals surface area contributed by atoms with Crippen LogP contribution in [0.15, 0.2) is 30.6 Å². The van der Waals surface area contributed by atoms with E-state index >= 15 is 0 Å². The fraction of sp³-hybridized carbons (Fsp3) is 0.200. The number of halogens is 1. The fourth-order valence-electron chi connectivity index (χ4n) is 1.23. The van der Waals surface area contributed by atoms with Gasteiger partial charge in [-0.3, -0.25) is 0 Å². The molecule has 0 saturated carbocycles. The van der Waals surface area contributed by atoms with Gasteiger partial charge < -0.3 is 0 Å². The first-order valence-corrected chi connectivity index (χ1v) is 4.72. The van der Waals surface area contributed by atoms with Gasteiger partial charge in [0.2, 0.25) is 5.28 Å². The quantitative estimate of drug-likeness (QED) is 0.757. The summed E-state index contributed by atoms with van der Waals surface area (Å²) in [6.07, 6.45) is 1.63. The van der Waals surface area contributed by atoms with Gasteiger partial charge in [-0.25, -0.2) is 9.67 Å². The lowest BCUT2D eigenvalue weighted by Gasteiger charge is -2.00. The van der Waals surface area contributed by atoms with E-state index in [9.17, 15) is 0 Å². The van der Waals surface area contributed by atoms with Crippen molar-refractivity contribution < 1.29 is 0 Å². The van der Waals surface area contributed by atoms with E-state index in [-0.39, 0.29) is 5.28 Å². The molecule has 14 heavy (non-hydrogen) atoms. The zero-order valence-corrected chi connectivity index (χ0v) is 8.57. The van der Waals surface area contributed by atoms with Crippen molar-refractivity contribution in [1.29, 1.82) is 0 Å². The maximum atomic E-state index is 5.61. The molecule has 4 heteroatoms. The predicted molar refractivity (Wildman–Crippen MR) is 55.3 cm³/mol. The van der Waals surface area contributed by atoms with Crippen molar-refractivity contribution in [3.8, 4) is 0 Å². The molecule has 2 aromatic rings. The molecule has 1 aromatic heterocycles. The molecular weight excluding hydrogens is 198 g/mol. The van der Waals surface area contributed by atoms with E-state index in [0.717, 1.165) is 0 Å². The Morgan fingerprint density at radius 2 is 2.00 bits per heavy atom. The maximum absolute atomic E-state index is 5.61. The molecule has 0 aliphatic rings. The van der Waals surface area contributed by atoms with Crippen molar-refractivity contribution in [3.63, 3.8) is 0 Å². The molecule has 0 unspecified atom stereocenters. The average molecular weight is 208 g/mol. The van der Waals surface area contributed by atoms with Gasteiger partial charge in [0.15, 0.2) is 0 Å². The standard InChI is InChI=1S/C10H10ClN3/c1-8-2-4-9(5-3-8)6-14-7-12-10(11)13-14/h2-5,7H,6H2,1H3. The lowest BCUT2D eigenvalue weighted by Crippen LogP contribution is -1.99. The third-order valence-electron chi connectivity index (χ3n) is 1.97. The fourth-order valence-corrected chi connectivity index (χ4v) is 1.37. The summed E-state index contributed by atoms with van der Waals surface area (Å²) in [5, 5.41) is 4.29. The van der Waals surface area contributed by atoms with E-state index in [1.54, 1.807) is 11.0 Å². The minimum absolute atomic E-state index is 0.289. The molecule has 0 radical (unpaired) electrons. The van der Waals surface area contributed by atoms with Crippen molar-refractivity contribution in [2.24, 2.45) is 0 Å². The average Bonchev–Trinajstić information content (AvgIpc) is 2.56. The summed E-state index contributed by atoms with van der Waals surface area (Å²) in [4.78, 5) is 3.85. The van der Waals surface area contributed by atoms with Crippen LogP contribution in [-0.4, -0.2) is 14.8 Å². The number of rotatable bonds is 2. The van der Waals surface area contributed by atoms with Crippen LogP contribution in [0.4, 0.5) is 0 Å². The molecule has 0 atom stereocenters. The molecule has 0 N–H and O–H groups in total. The third-order valence-corrected chi connectivity index (χ3v) is 2.15. The molecule has 0 amide bonds. The highest BCUT2D eigenvalue weighted by atomic mass is 35.5. The van der Waals surface area contributed by atoms with Crippen molar-refractivity contribution in [2.45, 2.75) is 13.5 Å². The molecule has 0 aliphatic heterocycles. The molecule has 72 valence electrons. The molecule has 0 aliphatic carbocycles. The Labute approximate surface area is 87.3 Å². The molecule has 0 bridgehead atoms. The smallest absolute Gasteiger partial charge is 0.242 e. The first-order chi connectivity index (χ1) is 6.74. The second kappa shape index (κ2) is 3.80. The van der Waals surface area contributed by atoms with E-state index in [1.807, 2.05) is 0 Å². The molecule has 0 fully saturated rings.